The van der Waals surface area contributed by atoms with Crippen LogP contribution in [0.2, 0.25) is 0 Å². The van der Waals surface area contributed by atoms with E-state index < -0.39 is 6.29 Å². The minimum Gasteiger partial charge on any atom is -0.343 e. The SMILES string of the molecule is O=C1[C@H]2OC[C@@H](O2)[C@@H]2[C@@H]1[C@@H]2C(=O)C12CC3CC(CC(C3)C1)C2. The van der Waals surface area contributed by atoms with Gasteiger partial charge in [0.05, 0.1) is 12.7 Å². The van der Waals surface area contributed by atoms with Crippen LogP contribution in [0.3, 0.4) is 0 Å². The molecule has 0 amide bonds. The molecule has 0 radical (unpaired) electrons. The highest BCUT2D eigenvalue weighted by Gasteiger charge is 2.71. The van der Waals surface area contributed by atoms with Gasteiger partial charge >= 0.3 is 0 Å². The number of ether oxygens (including phenoxy) is 2. The van der Waals surface area contributed by atoms with Gasteiger partial charge in [-0.3, -0.25) is 9.59 Å². The Morgan fingerprint density at radius 2 is 1.68 bits per heavy atom. The van der Waals surface area contributed by atoms with Crippen LogP contribution in [0.25, 0.3) is 0 Å². The van der Waals surface area contributed by atoms with E-state index in [2.05, 4.69) is 0 Å². The third-order valence-electron chi connectivity index (χ3n) is 7.64. The summed E-state index contributed by atoms with van der Waals surface area (Å²) in [4.78, 5) is 25.8. The summed E-state index contributed by atoms with van der Waals surface area (Å²) < 4.78 is 11.0. The van der Waals surface area contributed by atoms with Crippen LogP contribution in [0.15, 0.2) is 0 Å². The van der Waals surface area contributed by atoms with Crippen molar-refractivity contribution in [2.45, 2.75) is 50.9 Å². The highest BCUT2D eigenvalue weighted by atomic mass is 16.7. The molecule has 0 aromatic carbocycles. The second-order valence-corrected chi connectivity index (χ2v) is 8.93. The van der Waals surface area contributed by atoms with Crippen molar-refractivity contribution < 1.29 is 19.1 Å². The molecule has 0 aromatic rings. The molecular weight excluding hydrogens is 280 g/mol. The number of fused-ring (bicyclic) bond motifs is 4. The molecule has 5 aliphatic carbocycles. The van der Waals surface area contributed by atoms with Crippen LogP contribution < -0.4 is 0 Å². The smallest absolute Gasteiger partial charge is 0.218 e. The van der Waals surface area contributed by atoms with Crippen molar-refractivity contribution in [3.05, 3.63) is 0 Å². The topological polar surface area (TPSA) is 52.6 Å². The fraction of sp³-hybridized carbons (Fsp3) is 0.889. The zero-order valence-corrected chi connectivity index (χ0v) is 12.7. The second-order valence-electron chi connectivity index (χ2n) is 8.93. The third-order valence-corrected chi connectivity index (χ3v) is 7.64. The Morgan fingerprint density at radius 3 is 2.32 bits per heavy atom. The molecule has 5 saturated carbocycles. The first kappa shape index (κ1) is 12.7. The Bertz CT molecular complexity index is 546. The van der Waals surface area contributed by atoms with Crippen LogP contribution >= 0.6 is 0 Å². The molecule has 6 bridgehead atoms. The summed E-state index contributed by atoms with van der Waals surface area (Å²) in [5, 5.41) is 0. The van der Waals surface area contributed by atoms with Crippen molar-refractivity contribution in [2.24, 2.45) is 40.9 Å². The van der Waals surface area contributed by atoms with Crippen molar-refractivity contribution in [3.8, 4) is 0 Å². The molecule has 2 saturated heterocycles. The molecule has 7 rings (SSSR count). The van der Waals surface area contributed by atoms with E-state index >= 15 is 0 Å². The summed E-state index contributed by atoms with van der Waals surface area (Å²) in [5.41, 5.74) is -0.0723. The van der Waals surface area contributed by atoms with E-state index in [4.69, 9.17) is 9.47 Å². The third kappa shape index (κ3) is 1.42. The van der Waals surface area contributed by atoms with Crippen LogP contribution in [-0.2, 0) is 19.1 Å². The van der Waals surface area contributed by atoms with Crippen LogP contribution in [0.5, 0.6) is 0 Å². The number of carbonyl (C=O) groups is 2. The van der Waals surface area contributed by atoms with Gasteiger partial charge in [-0.05, 0) is 56.3 Å². The molecule has 0 N–H and O–H groups in total. The van der Waals surface area contributed by atoms with E-state index in [-0.39, 0.29) is 35.1 Å². The number of carbonyl (C=O) groups excluding carboxylic acids is 2. The molecule has 0 unspecified atom stereocenters. The summed E-state index contributed by atoms with van der Waals surface area (Å²) in [7, 11) is 0. The molecule has 5 atom stereocenters. The van der Waals surface area contributed by atoms with Crippen molar-refractivity contribution in [3.63, 3.8) is 0 Å². The monoisotopic (exact) mass is 302 g/mol. The van der Waals surface area contributed by atoms with Gasteiger partial charge < -0.3 is 9.47 Å². The maximum Gasteiger partial charge on any atom is 0.218 e. The maximum atomic E-state index is 13.4. The van der Waals surface area contributed by atoms with Gasteiger partial charge in [-0.25, -0.2) is 0 Å². The fourth-order valence-corrected chi connectivity index (χ4v) is 7.20. The first-order chi connectivity index (χ1) is 10.6. The van der Waals surface area contributed by atoms with Crippen molar-refractivity contribution in [1.29, 1.82) is 0 Å². The average Bonchev–Trinajstić information content (AvgIpc) is 3.07. The molecule has 7 aliphatic rings. The van der Waals surface area contributed by atoms with E-state index in [1.807, 2.05) is 0 Å². The highest BCUT2D eigenvalue weighted by Crippen LogP contribution is 2.65. The predicted molar refractivity (Wildman–Crippen MR) is 75.7 cm³/mol. The van der Waals surface area contributed by atoms with Crippen molar-refractivity contribution in [1.82, 2.24) is 0 Å². The van der Waals surface area contributed by atoms with Crippen LogP contribution in [-0.4, -0.2) is 30.6 Å². The summed E-state index contributed by atoms with van der Waals surface area (Å²) in [6, 6.07) is 0. The van der Waals surface area contributed by atoms with Crippen molar-refractivity contribution in [2.75, 3.05) is 6.61 Å². The summed E-state index contributed by atoms with van der Waals surface area (Å²) in [6.07, 6.45) is 6.70. The van der Waals surface area contributed by atoms with Crippen LogP contribution in [0, 0.1) is 40.9 Å². The van der Waals surface area contributed by atoms with Gasteiger partial charge in [0, 0.05) is 23.2 Å². The number of ketones is 2. The van der Waals surface area contributed by atoms with E-state index in [0.29, 0.717) is 12.4 Å². The second kappa shape index (κ2) is 3.84. The molecular formula is C18H22O4. The van der Waals surface area contributed by atoms with E-state index in [9.17, 15) is 9.59 Å². The Kier molecular flexibility index (Phi) is 2.21. The first-order valence-corrected chi connectivity index (χ1v) is 9.00. The zero-order valence-electron chi connectivity index (χ0n) is 12.7. The predicted octanol–water partition coefficient (Wildman–Crippen LogP) is 1.96. The van der Waals surface area contributed by atoms with Gasteiger partial charge in [0.2, 0.25) is 6.29 Å². The minimum atomic E-state index is -0.666. The lowest BCUT2D eigenvalue weighted by Gasteiger charge is -2.56. The molecule has 2 aliphatic heterocycles. The Hall–Kier alpha value is -0.740. The van der Waals surface area contributed by atoms with Gasteiger partial charge in [-0.2, -0.15) is 0 Å². The lowest BCUT2D eigenvalue weighted by Crippen LogP contribution is -2.50. The van der Waals surface area contributed by atoms with Gasteiger partial charge in [-0.1, -0.05) is 0 Å². The highest BCUT2D eigenvalue weighted by molar-refractivity contribution is 6.00. The summed E-state index contributed by atoms with van der Waals surface area (Å²) in [5.74, 6) is 2.84. The quantitative estimate of drug-likeness (QED) is 0.782. The molecule has 4 heteroatoms. The van der Waals surface area contributed by atoms with Crippen LogP contribution in [0.1, 0.15) is 38.5 Å². The number of rotatable bonds is 2. The number of hydrogen-bond acceptors (Lipinski definition) is 4. The standard InChI is InChI=1S/C18H22O4/c19-15-13-12(11-7-21-17(15)22-11)14(13)16(20)18-4-8-1-9(5-18)3-10(2-8)6-18/h8-14,17H,1-7H2/t8?,9?,10?,11-,12-,13-,14-,17+,18?/m1/s1. The summed E-state index contributed by atoms with van der Waals surface area (Å²) >= 11 is 0. The van der Waals surface area contributed by atoms with E-state index in [1.165, 1.54) is 19.3 Å². The van der Waals surface area contributed by atoms with Gasteiger partial charge in [0.1, 0.15) is 5.78 Å². The lowest BCUT2D eigenvalue weighted by atomic mass is 9.48. The molecule has 7 fully saturated rings. The normalized spacial score (nSPS) is 60.5. The maximum absolute atomic E-state index is 13.4. The molecule has 118 valence electrons. The van der Waals surface area contributed by atoms with E-state index in [1.54, 1.807) is 0 Å². The zero-order chi connectivity index (χ0) is 14.6. The first-order valence-electron chi connectivity index (χ1n) is 9.00. The van der Waals surface area contributed by atoms with E-state index in [0.717, 1.165) is 37.0 Å². The summed E-state index contributed by atoms with van der Waals surface area (Å²) in [6.45, 7) is 0.502. The molecule has 4 nitrogen and oxygen atoms in total. The number of Topliss-reactive ketones (excluding diaryl/α,β-unsaturated/α-hetero) is 2. The minimum absolute atomic E-state index is 0.00411. The van der Waals surface area contributed by atoms with Gasteiger partial charge in [0.25, 0.3) is 0 Å². The van der Waals surface area contributed by atoms with Crippen molar-refractivity contribution >= 4 is 11.6 Å². The Labute approximate surface area is 129 Å². The van der Waals surface area contributed by atoms with Gasteiger partial charge in [-0.15, -0.1) is 0 Å². The van der Waals surface area contributed by atoms with Gasteiger partial charge in [0.15, 0.2) is 5.78 Å². The Balaban J connectivity index is 1.31. The molecule has 22 heavy (non-hydrogen) atoms. The average molecular weight is 302 g/mol. The number of hydrogen-bond donors (Lipinski definition) is 0. The Morgan fingerprint density at radius 1 is 1.05 bits per heavy atom. The largest absolute Gasteiger partial charge is 0.343 e. The molecule has 0 aromatic heterocycles. The molecule has 0 spiro atoms. The van der Waals surface area contributed by atoms with Crippen LogP contribution in [0.4, 0.5) is 0 Å². The molecule has 2 heterocycles. The lowest BCUT2D eigenvalue weighted by molar-refractivity contribution is -0.154. The fourth-order valence-electron chi connectivity index (χ4n) is 7.20.